The van der Waals surface area contributed by atoms with E-state index in [0.29, 0.717) is 5.89 Å². The maximum Gasteiger partial charge on any atom is 0.227 e. The second-order valence-corrected chi connectivity index (χ2v) is 20.4. The van der Waals surface area contributed by atoms with Crippen LogP contribution in [0.3, 0.4) is 0 Å². The van der Waals surface area contributed by atoms with Crippen LogP contribution >= 0.6 is 0 Å². The van der Waals surface area contributed by atoms with Gasteiger partial charge >= 0.3 is 0 Å². The molecule has 2 aromatic heterocycles. The van der Waals surface area contributed by atoms with Gasteiger partial charge in [0.1, 0.15) is 16.7 Å². The lowest BCUT2D eigenvalue weighted by Gasteiger charge is -2.19. The third-order valence-corrected chi connectivity index (χ3v) is 15.8. The molecule has 0 aliphatic carbocycles. The van der Waals surface area contributed by atoms with Crippen molar-refractivity contribution in [1.29, 1.82) is 0 Å². The molecule has 16 aromatic rings. The normalized spacial score (nSPS) is 11.5. The van der Waals surface area contributed by atoms with Gasteiger partial charge in [-0.05, 0) is 147 Å². The van der Waals surface area contributed by atoms with E-state index in [-0.39, 0.29) is 0 Å². The van der Waals surface area contributed by atoms with Crippen molar-refractivity contribution >= 4 is 76.1 Å². The lowest BCUT2D eigenvalue weighted by atomic mass is 9.85. The van der Waals surface area contributed by atoms with Crippen LogP contribution in [0.25, 0.3) is 154 Å². The molecule has 0 saturated heterocycles. The number of hydrogen-bond acceptors (Lipinski definition) is 3. The first kappa shape index (κ1) is 46.7. The minimum Gasteiger partial charge on any atom is -0.455 e. The molecule has 3 nitrogen and oxygen atoms in total. The van der Waals surface area contributed by atoms with Crippen molar-refractivity contribution in [2.75, 3.05) is 0 Å². The van der Waals surface area contributed by atoms with Gasteiger partial charge in [0.2, 0.25) is 5.89 Å². The van der Waals surface area contributed by atoms with Gasteiger partial charge in [0, 0.05) is 21.9 Å². The number of benzene rings is 14. The Kier molecular flexibility index (Phi) is 11.5. The van der Waals surface area contributed by atoms with Crippen LogP contribution in [0.5, 0.6) is 0 Å². The molecular weight excluding hydrogens is 971 g/mol. The van der Waals surface area contributed by atoms with Crippen LogP contribution in [0.1, 0.15) is 0 Å². The Bertz CT molecular complexity index is 4890. The molecule has 3 heteroatoms. The third kappa shape index (κ3) is 8.11. The number of nitrogens with zero attached hydrogens (tertiary/aromatic N) is 1. The quantitative estimate of drug-likeness (QED) is 0.149. The monoisotopic (exact) mass is 1020 g/mol. The lowest BCUT2D eigenvalue weighted by Crippen LogP contribution is -1.91. The molecule has 16 rings (SSSR count). The van der Waals surface area contributed by atoms with Gasteiger partial charge < -0.3 is 8.83 Å². The van der Waals surface area contributed by atoms with E-state index in [9.17, 15) is 0 Å². The fraction of sp³-hybridized carbons (Fsp3) is 0. The van der Waals surface area contributed by atoms with Crippen LogP contribution in [0.4, 0.5) is 0 Å². The molecule has 374 valence electrons. The van der Waals surface area contributed by atoms with Gasteiger partial charge in [-0.1, -0.05) is 255 Å². The van der Waals surface area contributed by atoms with Crippen LogP contribution in [-0.4, -0.2) is 4.98 Å². The van der Waals surface area contributed by atoms with Crippen molar-refractivity contribution in [3.05, 3.63) is 297 Å². The van der Waals surface area contributed by atoms with E-state index in [2.05, 4.69) is 266 Å². The molecule has 0 saturated carbocycles. The maximum atomic E-state index is 6.40. The fourth-order valence-electron chi connectivity index (χ4n) is 12.2. The molecule has 2 heterocycles. The Morgan fingerprint density at radius 2 is 0.588 bits per heavy atom. The molecule has 0 aliphatic heterocycles. The molecule has 0 fully saturated rings. The highest BCUT2D eigenvalue weighted by atomic mass is 16.3. The first-order valence-electron chi connectivity index (χ1n) is 27.3. The van der Waals surface area contributed by atoms with Crippen LogP contribution in [-0.2, 0) is 0 Å². The summed E-state index contributed by atoms with van der Waals surface area (Å²) in [7, 11) is 0. The van der Waals surface area contributed by atoms with E-state index < -0.39 is 0 Å². The summed E-state index contributed by atoms with van der Waals surface area (Å²) >= 11 is 0. The predicted octanol–water partition coefficient (Wildman–Crippen LogP) is 21.7. The number of oxazole rings is 1. The van der Waals surface area contributed by atoms with Crippen molar-refractivity contribution in [3.63, 3.8) is 0 Å². The molecule has 0 unspecified atom stereocenters. The first-order chi connectivity index (χ1) is 39.7. The van der Waals surface area contributed by atoms with Gasteiger partial charge in [-0.15, -0.1) is 0 Å². The Hall–Kier alpha value is -10.6. The summed E-state index contributed by atoms with van der Waals surface area (Å²) in [5.41, 5.74) is 19.1. The molecule has 0 N–H and O–H groups in total. The molecule has 0 atom stereocenters. The first-order valence-corrected chi connectivity index (χ1v) is 27.3. The van der Waals surface area contributed by atoms with Gasteiger partial charge in [0.05, 0.1) is 0 Å². The molecule has 80 heavy (non-hydrogen) atoms. The lowest BCUT2D eigenvalue weighted by molar-refractivity contribution is 0.620. The largest absolute Gasteiger partial charge is 0.455 e. The average molecular weight is 1020 g/mol. The summed E-state index contributed by atoms with van der Waals surface area (Å²) in [6.45, 7) is 0. The van der Waals surface area contributed by atoms with Crippen molar-refractivity contribution in [3.8, 4) is 78.2 Å². The molecule has 0 aliphatic rings. The Balaban J connectivity index is 0.000000142. The Morgan fingerprint density at radius 3 is 1.14 bits per heavy atom. The summed E-state index contributed by atoms with van der Waals surface area (Å²) in [6, 6.07) is 106. The summed E-state index contributed by atoms with van der Waals surface area (Å²) in [4.78, 5) is 4.66. The average Bonchev–Trinajstić information content (AvgIpc) is 4.29. The van der Waals surface area contributed by atoms with E-state index in [1.165, 1.54) is 98.7 Å². The molecule has 14 aromatic carbocycles. The number of hydrogen-bond donors (Lipinski definition) is 0. The van der Waals surface area contributed by atoms with Gasteiger partial charge in [-0.25, -0.2) is 4.98 Å². The highest BCUT2D eigenvalue weighted by Crippen LogP contribution is 2.47. The third-order valence-electron chi connectivity index (χ3n) is 15.8. The standard InChI is InChI=1S/C44H28O.C33H21NO/c1-3-13-29(14-4-1)42-36-20-7-8-21-37(36)43(30-15-5-2-6-16-30)40-28-32(25-26-38(40)42)31-17-11-18-33(27-31)34-22-12-23-39-35-19-9-10-24-41(35)45-44(34)39;1-2-10-22(11-3-1)31-25-12-4-6-14-27(25)32(28-15-7-5-13-26(28)31)23-18-20-24(21-19-23)33-34-29-16-8-9-17-30(29)35-33/h1-28H;1-21H. The summed E-state index contributed by atoms with van der Waals surface area (Å²) in [6.07, 6.45) is 0. The van der Waals surface area contributed by atoms with Crippen molar-refractivity contribution in [1.82, 2.24) is 4.98 Å². The maximum absolute atomic E-state index is 6.40. The van der Waals surface area contributed by atoms with Crippen LogP contribution < -0.4 is 0 Å². The zero-order valence-corrected chi connectivity index (χ0v) is 43.6. The molecule has 0 amide bonds. The van der Waals surface area contributed by atoms with Gasteiger partial charge in [0.25, 0.3) is 0 Å². The zero-order valence-electron chi connectivity index (χ0n) is 43.6. The minimum atomic E-state index is 0.645. The molecule has 0 spiro atoms. The number of rotatable bonds is 7. The van der Waals surface area contributed by atoms with E-state index >= 15 is 0 Å². The summed E-state index contributed by atoms with van der Waals surface area (Å²) in [5.74, 6) is 0.645. The van der Waals surface area contributed by atoms with Crippen molar-refractivity contribution in [2.45, 2.75) is 0 Å². The van der Waals surface area contributed by atoms with E-state index in [1.807, 2.05) is 36.4 Å². The van der Waals surface area contributed by atoms with E-state index in [0.717, 1.165) is 49.7 Å². The van der Waals surface area contributed by atoms with Crippen LogP contribution in [0.2, 0.25) is 0 Å². The van der Waals surface area contributed by atoms with E-state index in [1.54, 1.807) is 0 Å². The van der Waals surface area contributed by atoms with Crippen molar-refractivity contribution in [2.24, 2.45) is 0 Å². The number of furan rings is 1. The molecule has 0 bridgehead atoms. The summed E-state index contributed by atoms with van der Waals surface area (Å²) < 4.78 is 12.4. The predicted molar refractivity (Wildman–Crippen MR) is 336 cm³/mol. The number of fused-ring (bicyclic) bond motifs is 8. The minimum absolute atomic E-state index is 0.645. The SMILES string of the molecule is c1ccc(-c2c3ccccc3c(-c3ccc(-c4nc5ccccc5o4)cc3)c3ccccc23)cc1.c1ccc(-c2c3ccccc3c(-c3ccccc3)c3cc(-c4cccc(-c5cccc6c5oc5ccccc56)c4)ccc23)cc1. The molecular formula is C77H49NO2. The Labute approximate surface area is 462 Å². The second kappa shape index (κ2) is 19.8. The topological polar surface area (TPSA) is 39.2 Å². The number of aromatic nitrogens is 1. The van der Waals surface area contributed by atoms with Crippen LogP contribution in [0, 0.1) is 0 Å². The fourth-order valence-corrected chi connectivity index (χ4v) is 12.2. The summed E-state index contributed by atoms with van der Waals surface area (Å²) in [5, 5.41) is 12.3. The number of para-hydroxylation sites is 4. The van der Waals surface area contributed by atoms with Crippen molar-refractivity contribution < 1.29 is 8.83 Å². The van der Waals surface area contributed by atoms with E-state index in [4.69, 9.17) is 8.83 Å². The van der Waals surface area contributed by atoms with Crippen LogP contribution in [0.15, 0.2) is 306 Å². The second-order valence-electron chi connectivity index (χ2n) is 20.4. The zero-order chi connectivity index (χ0) is 52.9. The molecule has 0 radical (unpaired) electrons. The highest BCUT2D eigenvalue weighted by Gasteiger charge is 2.20. The van der Waals surface area contributed by atoms with Gasteiger partial charge in [0.15, 0.2) is 5.58 Å². The van der Waals surface area contributed by atoms with Gasteiger partial charge in [-0.3, -0.25) is 0 Å². The van der Waals surface area contributed by atoms with Gasteiger partial charge in [-0.2, -0.15) is 0 Å². The smallest absolute Gasteiger partial charge is 0.227 e. The Morgan fingerprint density at radius 1 is 0.212 bits per heavy atom. The highest BCUT2D eigenvalue weighted by molar-refractivity contribution is 6.23.